The number of likely N-dealkylation sites (N-methyl/N-ethyl adjacent to an activating group) is 1. The van der Waals surface area contributed by atoms with E-state index in [1.807, 2.05) is 12.1 Å². The molecule has 1 saturated heterocycles. The maximum atomic E-state index is 13.1. The number of piperazine rings is 1. The van der Waals surface area contributed by atoms with Crippen LogP contribution in [-0.2, 0) is 15.6 Å². The van der Waals surface area contributed by atoms with Crippen molar-refractivity contribution in [3.05, 3.63) is 76.7 Å². The smallest absolute Gasteiger partial charge is 0.255 e. The quantitative estimate of drug-likeness (QED) is 0.347. The second-order valence-electron chi connectivity index (χ2n) is 9.88. The standard InChI is InChI=1S/C31H37N3O7S/c1-33-13-15-34(16-14-33)24-9-7-23(8-10-24)31(35)32-27-18-22(6-11-28(27)39-3)21-42(36,37)17-12-26-29(40-4)19-25(38-2)20-30(26)41-5/h6-12,17-20H,13-16,21H2,1-5H3,(H,32,35)/b17-12-. The zero-order valence-corrected chi connectivity index (χ0v) is 25.4. The summed E-state index contributed by atoms with van der Waals surface area (Å²) in [5, 5.41) is 3.98. The lowest BCUT2D eigenvalue weighted by Gasteiger charge is -2.34. The summed E-state index contributed by atoms with van der Waals surface area (Å²) in [6.07, 6.45) is 1.43. The van der Waals surface area contributed by atoms with Gasteiger partial charge in [-0.3, -0.25) is 4.79 Å². The molecule has 1 amide bonds. The highest BCUT2D eigenvalue weighted by atomic mass is 32.2. The van der Waals surface area contributed by atoms with Gasteiger partial charge in [0.1, 0.15) is 23.0 Å². The largest absolute Gasteiger partial charge is 0.496 e. The highest BCUT2D eigenvalue weighted by molar-refractivity contribution is 7.93. The van der Waals surface area contributed by atoms with Gasteiger partial charge in [-0.1, -0.05) is 6.07 Å². The summed E-state index contributed by atoms with van der Waals surface area (Å²) in [4.78, 5) is 17.7. The molecule has 1 N–H and O–H groups in total. The fourth-order valence-electron chi connectivity index (χ4n) is 4.67. The normalized spacial score (nSPS) is 14.1. The minimum Gasteiger partial charge on any atom is -0.496 e. The summed E-state index contributed by atoms with van der Waals surface area (Å²) >= 11 is 0. The van der Waals surface area contributed by atoms with Gasteiger partial charge in [-0.15, -0.1) is 0 Å². The predicted molar refractivity (Wildman–Crippen MR) is 165 cm³/mol. The van der Waals surface area contributed by atoms with E-state index in [9.17, 15) is 13.2 Å². The van der Waals surface area contributed by atoms with E-state index in [0.717, 1.165) is 37.3 Å². The van der Waals surface area contributed by atoms with E-state index < -0.39 is 9.84 Å². The number of carbonyl (C=O) groups excluding carboxylic acids is 1. The van der Waals surface area contributed by atoms with Gasteiger partial charge in [0, 0.05) is 55.0 Å². The van der Waals surface area contributed by atoms with E-state index in [4.69, 9.17) is 18.9 Å². The Hall–Kier alpha value is -4.22. The third kappa shape index (κ3) is 7.54. The SMILES string of the molecule is COc1cc(OC)c(/C=C\S(=O)(=O)Cc2ccc(OC)c(NC(=O)c3ccc(N4CCN(C)CC4)cc3)c2)c(OC)c1. The molecule has 42 heavy (non-hydrogen) atoms. The van der Waals surface area contributed by atoms with Gasteiger partial charge in [0.15, 0.2) is 9.84 Å². The predicted octanol–water partition coefficient (Wildman–Crippen LogP) is 4.31. The number of ether oxygens (including phenoxy) is 4. The van der Waals surface area contributed by atoms with Crippen LogP contribution >= 0.6 is 0 Å². The summed E-state index contributed by atoms with van der Waals surface area (Å²) in [6, 6.07) is 15.6. The van der Waals surface area contributed by atoms with Crippen LogP contribution in [0.15, 0.2) is 60.0 Å². The molecule has 0 saturated carbocycles. The van der Waals surface area contributed by atoms with Gasteiger partial charge in [0.2, 0.25) is 0 Å². The number of anilines is 2. The van der Waals surface area contributed by atoms with Gasteiger partial charge in [-0.25, -0.2) is 8.42 Å². The van der Waals surface area contributed by atoms with E-state index in [1.165, 1.54) is 34.5 Å². The molecule has 3 aromatic carbocycles. The molecule has 0 aromatic heterocycles. The fraction of sp³-hybridized carbons (Fsp3) is 0.323. The number of hydrogen-bond acceptors (Lipinski definition) is 9. The van der Waals surface area contributed by atoms with Crippen LogP contribution in [0.3, 0.4) is 0 Å². The van der Waals surface area contributed by atoms with E-state index in [1.54, 1.807) is 42.5 Å². The van der Waals surface area contributed by atoms with Crippen LogP contribution in [0.4, 0.5) is 11.4 Å². The maximum Gasteiger partial charge on any atom is 0.255 e. The Morgan fingerprint density at radius 3 is 2.02 bits per heavy atom. The Labute approximate surface area is 247 Å². The molecule has 1 heterocycles. The van der Waals surface area contributed by atoms with Crippen molar-refractivity contribution in [2.75, 3.05) is 71.9 Å². The van der Waals surface area contributed by atoms with Crippen LogP contribution in [0.1, 0.15) is 21.5 Å². The van der Waals surface area contributed by atoms with Crippen molar-refractivity contribution in [1.29, 1.82) is 0 Å². The molecule has 0 aliphatic carbocycles. The molecule has 1 aliphatic heterocycles. The molecule has 10 nitrogen and oxygen atoms in total. The first-order valence-electron chi connectivity index (χ1n) is 13.4. The summed E-state index contributed by atoms with van der Waals surface area (Å²) in [5.74, 6) is 1.13. The van der Waals surface area contributed by atoms with Crippen LogP contribution in [0, 0.1) is 0 Å². The van der Waals surface area contributed by atoms with Crippen LogP contribution in [-0.4, -0.2) is 80.9 Å². The average Bonchev–Trinajstić information content (AvgIpc) is 3.00. The number of nitrogens with zero attached hydrogens (tertiary/aromatic N) is 2. The number of amides is 1. The van der Waals surface area contributed by atoms with Crippen molar-refractivity contribution >= 4 is 33.2 Å². The molecule has 0 unspecified atom stereocenters. The van der Waals surface area contributed by atoms with Crippen LogP contribution in [0.2, 0.25) is 0 Å². The third-order valence-corrected chi connectivity index (χ3v) is 8.36. The molecule has 1 aliphatic rings. The van der Waals surface area contributed by atoms with E-state index in [-0.39, 0.29) is 11.7 Å². The highest BCUT2D eigenvalue weighted by Gasteiger charge is 2.18. The molecular weight excluding hydrogens is 558 g/mol. The molecule has 0 atom stereocenters. The Bertz CT molecular complexity index is 1510. The van der Waals surface area contributed by atoms with Crippen molar-refractivity contribution in [2.45, 2.75) is 5.75 Å². The summed E-state index contributed by atoms with van der Waals surface area (Å²) in [5.41, 5.74) is 2.88. The minimum atomic E-state index is -3.72. The summed E-state index contributed by atoms with van der Waals surface area (Å²) in [7, 11) is 4.36. The molecular formula is C31H37N3O7S. The molecule has 11 heteroatoms. The van der Waals surface area contributed by atoms with Crippen molar-refractivity contribution in [2.24, 2.45) is 0 Å². The highest BCUT2D eigenvalue weighted by Crippen LogP contribution is 2.35. The molecule has 3 aromatic rings. The van der Waals surface area contributed by atoms with Crippen molar-refractivity contribution in [1.82, 2.24) is 4.90 Å². The monoisotopic (exact) mass is 595 g/mol. The lowest BCUT2D eigenvalue weighted by molar-refractivity contribution is 0.102. The van der Waals surface area contributed by atoms with Crippen molar-refractivity contribution in [3.63, 3.8) is 0 Å². The zero-order chi connectivity index (χ0) is 30.3. The lowest BCUT2D eigenvalue weighted by Crippen LogP contribution is -2.44. The second kappa shape index (κ2) is 13.6. The van der Waals surface area contributed by atoms with Crippen LogP contribution in [0.25, 0.3) is 6.08 Å². The number of nitrogens with one attached hydrogen (secondary N) is 1. The minimum absolute atomic E-state index is 0.295. The topological polar surface area (TPSA) is 107 Å². The molecule has 4 rings (SSSR count). The molecule has 0 bridgehead atoms. The Kier molecular flexibility index (Phi) is 9.97. The number of sulfone groups is 1. The zero-order valence-electron chi connectivity index (χ0n) is 24.5. The lowest BCUT2D eigenvalue weighted by atomic mass is 10.1. The van der Waals surface area contributed by atoms with Gasteiger partial charge < -0.3 is 34.1 Å². The van der Waals surface area contributed by atoms with E-state index in [0.29, 0.717) is 45.4 Å². The first-order chi connectivity index (χ1) is 20.2. The first-order valence-corrected chi connectivity index (χ1v) is 15.1. The van der Waals surface area contributed by atoms with E-state index in [2.05, 4.69) is 22.2 Å². The van der Waals surface area contributed by atoms with Gasteiger partial charge in [-0.05, 0) is 55.1 Å². The number of methoxy groups -OCH3 is 4. The fourth-order valence-corrected chi connectivity index (χ4v) is 5.76. The summed E-state index contributed by atoms with van der Waals surface area (Å²) in [6.45, 7) is 3.86. The van der Waals surface area contributed by atoms with Gasteiger partial charge >= 0.3 is 0 Å². The average molecular weight is 596 g/mol. The molecule has 224 valence electrons. The maximum absolute atomic E-state index is 13.1. The van der Waals surface area contributed by atoms with Gasteiger partial charge in [0.25, 0.3) is 5.91 Å². The number of benzene rings is 3. The number of hydrogen-bond donors (Lipinski definition) is 1. The van der Waals surface area contributed by atoms with E-state index >= 15 is 0 Å². The van der Waals surface area contributed by atoms with Gasteiger partial charge in [0.05, 0.1) is 45.4 Å². The molecule has 1 fully saturated rings. The van der Waals surface area contributed by atoms with Crippen LogP contribution < -0.4 is 29.2 Å². The Balaban J connectivity index is 1.49. The Morgan fingerprint density at radius 2 is 1.45 bits per heavy atom. The van der Waals surface area contributed by atoms with Crippen molar-refractivity contribution in [3.8, 4) is 23.0 Å². The first kappa shape index (κ1) is 30.7. The molecule has 0 spiro atoms. The molecule has 0 radical (unpaired) electrons. The third-order valence-electron chi connectivity index (χ3n) is 7.07. The Morgan fingerprint density at radius 1 is 0.833 bits per heavy atom. The summed E-state index contributed by atoms with van der Waals surface area (Å²) < 4.78 is 47.6. The van der Waals surface area contributed by atoms with Crippen molar-refractivity contribution < 1.29 is 32.2 Å². The second-order valence-corrected chi connectivity index (χ2v) is 11.8. The number of rotatable bonds is 11. The number of carbonyl (C=O) groups is 1. The van der Waals surface area contributed by atoms with Gasteiger partial charge in [-0.2, -0.15) is 0 Å². The van der Waals surface area contributed by atoms with Crippen LogP contribution in [0.5, 0.6) is 23.0 Å².